The number of morpholine rings is 1. The first-order chi connectivity index (χ1) is 12.2. The smallest absolute Gasteiger partial charge is 0.158 e. The number of hydrogen-bond donors (Lipinski definition) is 1. The molecule has 0 amide bonds. The van der Waals surface area contributed by atoms with Crippen LogP contribution >= 0.6 is 22.7 Å². The summed E-state index contributed by atoms with van der Waals surface area (Å²) in [5.74, 6) is 0.757. The van der Waals surface area contributed by atoms with Crippen molar-refractivity contribution in [3.63, 3.8) is 0 Å². The zero-order chi connectivity index (χ0) is 17.2. The molecule has 4 rings (SSSR count). The number of anilines is 2. The number of nitrogens with one attached hydrogen (secondary N) is 1. The van der Waals surface area contributed by atoms with Gasteiger partial charge in [-0.1, -0.05) is 0 Å². The van der Waals surface area contributed by atoms with E-state index in [-0.39, 0.29) is 0 Å². The summed E-state index contributed by atoms with van der Waals surface area (Å²) < 4.78 is 5.40. The van der Waals surface area contributed by atoms with Crippen LogP contribution in [0.1, 0.15) is 15.3 Å². The predicted molar refractivity (Wildman–Crippen MR) is 105 cm³/mol. The Labute approximate surface area is 154 Å². The Kier molecular flexibility index (Phi) is 4.65. The number of thiophene rings is 2. The highest BCUT2D eigenvalue weighted by Gasteiger charge is 2.13. The first kappa shape index (κ1) is 16.4. The number of aryl methyl sites for hydroxylation is 2. The highest BCUT2D eigenvalue weighted by Crippen LogP contribution is 2.32. The summed E-state index contributed by atoms with van der Waals surface area (Å²) >= 11 is 3.42. The molecule has 3 aromatic heterocycles. The van der Waals surface area contributed by atoms with Gasteiger partial charge in [0.2, 0.25) is 0 Å². The number of fused-ring (bicyclic) bond motifs is 1. The van der Waals surface area contributed by atoms with Crippen molar-refractivity contribution in [1.29, 1.82) is 0 Å². The summed E-state index contributed by atoms with van der Waals surface area (Å²) in [5, 5.41) is 6.70. The molecule has 25 heavy (non-hydrogen) atoms. The van der Waals surface area contributed by atoms with Crippen LogP contribution in [0.25, 0.3) is 10.2 Å². The number of ether oxygens (including phenoxy) is 1. The van der Waals surface area contributed by atoms with Crippen LogP contribution in [-0.4, -0.2) is 42.5 Å². The second-order valence-electron chi connectivity index (χ2n) is 5.83. The van der Waals surface area contributed by atoms with E-state index in [2.05, 4.69) is 51.4 Å². The first-order valence-corrected chi connectivity index (χ1v) is 9.78. The molecule has 1 fully saturated rings. The van der Waals surface area contributed by atoms with Crippen LogP contribution in [0.15, 0.2) is 23.6 Å². The molecule has 1 N–H and O–H groups in total. The van der Waals surface area contributed by atoms with Gasteiger partial charge in [-0.05, 0) is 31.5 Å². The lowest BCUT2D eigenvalue weighted by Gasteiger charge is -2.27. The van der Waals surface area contributed by atoms with Crippen molar-refractivity contribution in [2.24, 2.45) is 5.10 Å². The summed E-state index contributed by atoms with van der Waals surface area (Å²) in [7, 11) is 0. The standard InChI is InChI=1S/C17H19N5OS2/c1-11-12(2)24-17-15(11)16(18-10-19-17)21-20-9-13-3-4-14(25-13)22-5-7-23-8-6-22/h3-4,9-10H,5-8H2,1-2H3,(H,18,19,21)/b20-9+. The average Bonchev–Trinajstić information content (AvgIpc) is 3.22. The minimum Gasteiger partial charge on any atom is -0.378 e. The van der Waals surface area contributed by atoms with E-state index in [9.17, 15) is 0 Å². The van der Waals surface area contributed by atoms with Gasteiger partial charge in [0.15, 0.2) is 5.82 Å². The molecule has 1 saturated heterocycles. The third kappa shape index (κ3) is 3.37. The molecule has 4 heterocycles. The Morgan fingerprint density at radius 1 is 1.20 bits per heavy atom. The lowest BCUT2D eigenvalue weighted by Crippen LogP contribution is -2.35. The summed E-state index contributed by atoms with van der Waals surface area (Å²) in [4.78, 5) is 14.4. The average molecular weight is 374 g/mol. The van der Waals surface area contributed by atoms with E-state index >= 15 is 0 Å². The molecule has 0 unspecified atom stereocenters. The van der Waals surface area contributed by atoms with Crippen molar-refractivity contribution < 1.29 is 4.74 Å². The van der Waals surface area contributed by atoms with Crippen LogP contribution in [0, 0.1) is 13.8 Å². The molecule has 8 heteroatoms. The van der Waals surface area contributed by atoms with Gasteiger partial charge in [-0.25, -0.2) is 9.97 Å². The van der Waals surface area contributed by atoms with Crippen molar-refractivity contribution in [1.82, 2.24) is 9.97 Å². The third-order valence-electron chi connectivity index (χ3n) is 4.26. The molecule has 0 saturated carbocycles. The second kappa shape index (κ2) is 7.07. The summed E-state index contributed by atoms with van der Waals surface area (Å²) in [6.07, 6.45) is 3.42. The maximum absolute atomic E-state index is 5.40. The fourth-order valence-electron chi connectivity index (χ4n) is 2.79. The van der Waals surface area contributed by atoms with Crippen LogP contribution in [0.2, 0.25) is 0 Å². The van der Waals surface area contributed by atoms with Crippen LogP contribution in [0.5, 0.6) is 0 Å². The largest absolute Gasteiger partial charge is 0.378 e. The fraction of sp³-hybridized carbons (Fsp3) is 0.353. The highest BCUT2D eigenvalue weighted by atomic mass is 32.1. The SMILES string of the molecule is Cc1sc2ncnc(N/N=C/c3ccc(N4CCOCC4)s3)c2c1C. The zero-order valence-electron chi connectivity index (χ0n) is 14.2. The Morgan fingerprint density at radius 2 is 2.04 bits per heavy atom. The topological polar surface area (TPSA) is 62.6 Å². The molecule has 0 aromatic carbocycles. The molecular weight excluding hydrogens is 354 g/mol. The van der Waals surface area contributed by atoms with Crippen LogP contribution in [0.4, 0.5) is 10.8 Å². The molecule has 1 aliphatic rings. The van der Waals surface area contributed by atoms with E-state index in [0.29, 0.717) is 0 Å². The summed E-state index contributed by atoms with van der Waals surface area (Å²) in [6.45, 7) is 7.70. The van der Waals surface area contributed by atoms with Crippen molar-refractivity contribution in [3.8, 4) is 0 Å². The van der Waals surface area contributed by atoms with Gasteiger partial charge in [0.1, 0.15) is 11.2 Å². The van der Waals surface area contributed by atoms with Crippen molar-refractivity contribution in [2.45, 2.75) is 13.8 Å². The monoisotopic (exact) mass is 373 g/mol. The third-order valence-corrected chi connectivity index (χ3v) is 6.46. The number of hydrazone groups is 1. The quantitative estimate of drug-likeness (QED) is 0.559. The number of nitrogens with zero attached hydrogens (tertiary/aromatic N) is 4. The predicted octanol–water partition coefficient (Wildman–Crippen LogP) is 3.65. The van der Waals surface area contributed by atoms with Gasteiger partial charge in [-0.15, -0.1) is 22.7 Å². The number of rotatable bonds is 4. The van der Waals surface area contributed by atoms with Gasteiger partial charge in [0.05, 0.1) is 29.8 Å². The van der Waals surface area contributed by atoms with E-state index in [4.69, 9.17) is 4.74 Å². The molecule has 0 atom stereocenters. The molecule has 0 radical (unpaired) electrons. The van der Waals surface area contributed by atoms with Gasteiger partial charge >= 0.3 is 0 Å². The molecular formula is C17H19N5OS2. The first-order valence-electron chi connectivity index (χ1n) is 8.14. The summed E-state index contributed by atoms with van der Waals surface area (Å²) in [6, 6.07) is 4.24. The minimum absolute atomic E-state index is 0.757. The van der Waals surface area contributed by atoms with E-state index in [1.165, 1.54) is 15.4 Å². The normalized spacial score (nSPS) is 15.4. The van der Waals surface area contributed by atoms with Gasteiger partial charge in [-0.3, -0.25) is 5.43 Å². The lowest BCUT2D eigenvalue weighted by atomic mass is 10.2. The number of hydrogen-bond acceptors (Lipinski definition) is 8. The summed E-state index contributed by atoms with van der Waals surface area (Å²) in [5.41, 5.74) is 4.29. The molecule has 0 spiro atoms. The molecule has 6 nitrogen and oxygen atoms in total. The van der Waals surface area contributed by atoms with Gasteiger partial charge in [-0.2, -0.15) is 5.10 Å². The van der Waals surface area contributed by atoms with Crippen molar-refractivity contribution in [3.05, 3.63) is 33.8 Å². The van der Waals surface area contributed by atoms with Crippen molar-refractivity contribution >= 4 is 49.9 Å². The molecule has 1 aliphatic heterocycles. The van der Waals surface area contributed by atoms with Crippen LogP contribution in [-0.2, 0) is 4.74 Å². The Hall–Kier alpha value is -2.03. The second-order valence-corrected chi connectivity index (χ2v) is 8.13. The maximum atomic E-state index is 5.40. The number of aromatic nitrogens is 2. The molecule has 3 aromatic rings. The van der Waals surface area contributed by atoms with E-state index in [1.54, 1.807) is 29.0 Å². The fourth-order valence-corrected chi connectivity index (χ4v) is 4.72. The highest BCUT2D eigenvalue weighted by molar-refractivity contribution is 7.19. The Morgan fingerprint density at radius 3 is 2.88 bits per heavy atom. The van der Waals surface area contributed by atoms with Gasteiger partial charge in [0, 0.05) is 22.8 Å². The van der Waals surface area contributed by atoms with E-state index in [1.807, 2.05) is 6.21 Å². The van der Waals surface area contributed by atoms with Crippen molar-refractivity contribution in [2.75, 3.05) is 36.6 Å². The van der Waals surface area contributed by atoms with Gasteiger partial charge < -0.3 is 9.64 Å². The Bertz CT molecular complexity index is 911. The van der Waals surface area contributed by atoms with E-state index in [0.717, 1.165) is 47.2 Å². The van der Waals surface area contributed by atoms with Crippen LogP contribution < -0.4 is 10.3 Å². The van der Waals surface area contributed by atoms with Crippen LogP contribution in [0.3, 0.4) is 0 Å². The molecule has 130 valence electrons. The maximum Gasteiger partial charge on any atom is 0.158 e. The molecule has 0 aliphatic carbocycles. The van der Waals surface area contributed by atoms with Gasteiger partial charge in [0.25, 0.3) is 0 Å². The lowest BCUT2D eigenvalue weighted by molar-refractivity contribution is 0.123. The zero-order valence-corrected chi connectivity index (χ0v) is 15.8. The molecule has 0 bridgehead atoms. The Balaban J connectivity index is 1.49. The minimum atomic E-state index is 0.757. The van der Waals surface area contributed by atoms with E-state index < -0.39 is 0 Å².